The molecule has 4 nitrogen and oxygen atoms in total. The van der Waals surface area contributed by atoms with E-state index in [1.807, 2.05) is 11.8 Å². The van der Waals surface area contributed by atoms with Gasteiger partial charge in [-0.1, -0.05) is 26.0 Å². The van der Waals surface area contributed by atoms with Gasteiger partial charge in [0, 0.05) is 13.1 Å². The van der Waals surface area contributed by atoms with Crippen molar-refractivity contribution < 1.29 is 18.0 Å². The molecule has 2 N–H and O–H groups in total. The van der Waals surface area contributed by atoms with E-state index in [-0.39, 0.29) is 17.6 Å². The lowest BCUT2D eigenvalue weighted by Crippen LogP contribution is -2.41. The zero-order valence-corrected chi connectivity index (χ0v) is 14.0. The Labute approximate surface area is 140 Å². The number of carbonyl (C=O) groups excluding carboxylic acids is 1. The van der Waals surface area contributed by atoms with Crippen LogP contribution in [-0.4, -0.2) is 43.5 Å². The fraction of sp³-hybridized carbons (Fsp3) is 0.588. The van der Waals surface area contributed by atoms with Crippen LogP contribution in [0.2, 0.25) is 0 Å². The van der Waals surface area contributed by atoms with Gasteiger partial charge >= 0.3 is 6.18 Å². The summed E-state index contributed by atoms with van der Waals surface area (Å²) in [5.74, 6) is -0.428. The molecule has 1 amide bonds. The smallest absolute Gasteiger partial charge is 0.324 e. The fourth-order valence-corrected chi connectivity index (χ4v) is 3.06. The number of carbonyl (C=O) groups is 1. The Balaban J connectivity index is 1.99. The van der Waals surface area contributed by atoms with Crippen LogP contribution in [0.3, 0.4) is 0 Å². The fourth-order valence-electron chi connectivity index (χ4n) is 3.06. The van der Waals surface area contributed by atoms with Crippen LogP contribution in [0.5, 0.6) is 0 Å². The lowest BCUT2D eigenvalue weighted by Gasteiger charge is -2.30. The van der Waals surface area contributed by atoms with Gasteiger partial charge in [-0.05, 0) is 37.1 Å². The Morgan fingerprint density at radius 2 is 2.08 bits per heavy atom. The summed E-state index contributed by atoms with van der Waals surface area (Å²) in [7, 11) is 0. The van der Waals surface area contributed by atoms with Crippen LogP contribution < -0.4 is 10.6 Å². The molecule has 1 aromatic carbocycles. The van der Waals surface area contributed by atoms with Crippen molar-refractivity contribution >= 4 is 11.6 Å². The summed E-state index contributed by atoms with van der Waals surface area (Å²) < 4.78 is 38.9. The van der Waals surface area contributed by atoms with Crippen LogP contribution in [0.1, 0.15) is 25.8 Å². The van der Waals surface area contributed by atoms with Crippen molar-refractivity contribution in [1.29, 1.82) is 0 Å². The van der Waals surface area contributed by atoms with Crippen molar-refractivity contribution in [3.63, 3.8) is 0 Å². The van der Waals surface area contributed by atoms with Gasteiger partial charge in [0.15, 0.2) is 0 Å². The summed E-state index contributed by atoms with van der Waals surface area (Å²) >= 11 is 0. The minimum atomic E-state index is -4.49. The van der Waals surface area contributed by atoms with Crippen molar-refractivity contribution in [1.82, 2.24) is 10.2 Å². The summed E-state index contributed by atoms with van der Waals surface area (Å²) in [5.41, 5.74) is -0.923. The number of benzene rings is 1. The first-order valence-corrected chi connectivity index (χ1v) is 8.13. The van der Waals surface area contributed by atoms with E-state index in [1.54, 1.807) is 0 Å². The molecule has 0 radical (unpaired) electrons. The first-order valence-electron chi connectivity index (χ1n) is 8.13. The quantitative estimate of drug-likeness (QED) is 0.835. The summed E-state index contributed by atoms with van der Waals surface area (Å²) in [6, 6.07) is 5.04. The molecule has 134 valence electrons. The number of amides is 1. The molecule has 1 aromatic rings. The molecule has 0 bridgehead atoms. The third-order valence-electron chi connectivity index (χ3n) is 4.38. The number of hydrogen-bond acceptors (Lipinski definition) is 3. The minimum Gasteiger partial charge on any atom is -0.324 e. The molecule has 1 atom stereocenters. The molecule has 2 rings (SSSR count). The molecular formula is C17H24F3N3O. The third kappa shape index (κ3) is 4.95. The highest BCUT2D eigenvalue weighted by Crippen LogP contribution is 2.34. The lowest BCUT2D eigenvalue weighted by atomic mass is 9.89. The van der Waals surface area contributed by atoms with Crippen molar-refractivity contribution in [2.75, 3.05) is 38.0 Å². The van der Waals surface area contributed by atoms with E-state index in [1.165, 1.54) is 18.2 Å². The highest BCUT2D eigenvalue weighted by molar-refractivity contribution is 5.93. The zero-order chi connectivity index (χ0) is 17.8. The van der Waals surface area contributed by atoms with Gasteiger partial charge in [0.05, 0.1) is 17.8 Å². The predicted molar refractivity (Wildman–Crippen MR) is 87.8 cm³/mol. The Bertz CT molecular complexity index is 568. The Kier molecular flexibility index (Phi) is 5.87. The number of rotatable bonds is 6. The second-order valence-electron chi connectivity index (χ2n) is 6.63. The molecule has 0 aliphatic carbocycles. The van der Waals surface area contributed by atoms with Gasteiger partial charge in [-0.3, -0.25) is 9.69 Å². The van der Waals surface area contributed by atoms with Crippen molar-refractivity contribution in [2.45, 2.75) is 26.4 Å². The topological polar surface area (TPSA) is 44.4 Å². The standard InChI is InChI=1S/C17H24F3N3O/c1-3-23(12-16(2)8-9-21-11-16)10-15(24)22-14-7-5-4-6-13(14)17(18,19)20/h4-7,21H,3,8-12H2,1-2H3,(H,22,24). The molecular weight excluding hydrogens is 319 g/mol. The first kappa shape index (κ1) is 18.7. The normalized spacial score (nSPS) is 21.2. The maximum Gasteiger partial charge on any atom is 0.418 e. The average molecular weight is 343 g/mol. The molecule has 1 heterocycles. The van der Waals surface area contributed by atoms with E-state index < -0.39 is 17.6 Å². The van der Waals surface area contributed by atoms with Gasteiger partial charge < -0.3 is 10.6 Å². The lowest BCUT2D eigenvalue weighted by molar-refractivity contribution is -0.137. The number of halogens is 3. The summed E-state index contributed by atoms with van der Waals surface area (Å²) in [5, 5.41) is 5.71. The number of anilines is 1. The Morgan fingerprint density at radius 1 is 1.38 bits per heavy atom. The number of hydrogen-bond donors (Lipinski definition) is 2. The summed E-state index contributed by atoms with van der Waals surface area (Å²) in [6.07, 6.45) is -3.46. The van der Waals surface area contributed by atoms with Gasteiger partial charge in [-0.2, -0.15) is 13.2 Å². The molecule has 24 heavy (non-hydrogen) atoms. The van der Waals surface area contributed by atoms with Gasteiger partial charge in [0.25, 0.3) is 0 Å². The predicted octanol–water partition coefficient (Wildman–Crippen LogP) is 2.97. The van der Waals surface area contributed by atoms with Gasteiger partial charge in [-0.15, -0.1) is 0 Å². The van der Waals surface area contributed by atoms with Crippen LogP contribution in [0.25, 0.3) is 0 Å². The molecule has 0 aromatic heterocycles. The summed E-state index contributed by atoms with van der Waals surface area (Å²) in [6.45, 7) is 7.45. The Morgan fingerprint density at radius 3 is 2.67 bits per heavy atom. The number of para-hydroxylation sites is 1. The van der Waals surface area contributed by atoms with Crippen molar-refractivity contribution in [3.8, 4) is 0 Å². The molecule has 0 spiro atoms. The molecule has 1 unspecified atom stereocenters. The van der Waals surface area contributed by atoms with E-state index in [0.717, 1.165) is 32.1 Å². The summed E-state index contributed by atoms with van der Waals surface area (Å²) in [4.78, 5) is 14.2. The average Bonchev–Trinajstić information content (AvgIpc) is 2.92. The van der Waals surface area contributed by atoms with Gasteiger partial charge in [0.2, 0.25) is 5.91 Å². The van der Waals surface area contributed by atoms with Gasteiger partial charge in [-0.25, -0.2) is 0 Å². The monoisotopic (exact) mass is 343 g/mol. The second-order valence-corrected chi connectivity index (χ2v) is 6.63. The molecule has 1 fully saturated rings. The molecule has 1 aliphatic rings. The second kappa shape index (κ2) is 7.53. The van der Waals surface area contributed by atoms with Crippen LogP contribution in [0, 0.1) is 5.41 Å². The van der Waals surface area contributed by atoms with E-state index >= 15 is 0 Å². The number of alkyl halides is 3. The largest absolute Gasteiger partial charge is 0.418 e. The zero-order valence-electron chi connectivity index (χ0n) is 14.0. The van der Waals surface area contributed by atoms with E-state index in [0.29, 0.717) is 6.54 Å². The van der Waals surface area contributed by atoms with E-state index in [9.17, 15) is 18.0 Å². The highest BCUT2D eigenvalue weighted by atomic mass is 19.4. The molecule has 7 heteroatoms. The SMILES string of the molecule is CCN(CC(=O)Nc1ccccc1C(F)(F)F)CC1(C)CCNC1. The van der Waals surface area contributed by atoms with E-state index in [2.05, 4.69) is 17.6 Å². The number of nitrogens with zero attached hydrogens (tertiary/aromatic N) is 1. The number of nitrogens with one attached hydrogen (secondary N) is 2. The van der Waals surface area contributed by atoms with Gasteiger partial charge in [0.1, 0.15) is 0 Å². The van der Waals surface area contributed by atoms with Crippen LogP contribution in [-0.2, 0) is 11.0 Å². The van der Waals surface area contributed by atoms with Crippen molar-refractivity contribution in [3.05, 3.63) is 29.8 Å². The molecule has 1 aliphatic heterocycles. The van der Waals surface area contributed by atoms with Crippen LogP contribution >= 0.6 is 0 Å². The first-order chi connectivity index (χ1) is 11.2. The van der Waals surface area contributed by atoms with E-state index in [4.69, 9.17) is 0 Å². The maximum atomic E-state index is 13.0. The Hall–Kier alpha value is -1.60. The molecule has 0 saturated carbocycles. The number of likely N-dealkylation sites (N-methyl/N-ethyl adjacent to an activating group) is 1. The maximum absolute atomic E-state index is 13.0. The van der Waals surface area contributed by atoms with Crippen LogP contribution in [0.15, 0.2) is 24.3 Å². The molecule has 1 saturated heterocycles. The minimum absolute atomic E-state index is 0.0816. The third-order valence-corrected chi connectivity index (χ3v) is 4.38. The van der Waals surface area contributed by atoms with Crippen molar-refractivity contribution in [2.24, 2.45) is 5.41 Å². The van der Waals surface area contributed by atoms with Crippen LogP contribution in [0.4, 0.5) is 18.9 Å². The highest BCUT2D eigenvalue weighted by Gasteiger charge is 2.34.